The van der Waals surface area contributed by atoms with Crippen molar-refractivity contribution in [2.24, 2.45) is 0 Å². The molecule has 92 valence electrons. The predicted molar refractivity (Wildman–Crippen MR) is 56.5 cm³/mol. The number of hydrogen-bond donors (Lipinski definition) is 1. The maximum Gasteiger partial charge on any atom is 0.401 e. The van der Waals surface area contributed by atoms with Gasteiger partial charge in [0.15, 0.2) is 0 Å². The highest BCUT2D eigenvalue weighted by Gasteiger charge is 2.29. The molecule has 0 aliphatic rings. The summed E-state index contributed by atoms with van der Waals surface area (Å²) in [5.41, 5.74) is -0.119. The van der Waals surface area contributed by atoms with Crippen LogP contribution in [0.5, 0.6) is 0 Å². The maximum absolute atomic E-state index is 13.3. The summed E-state index contributed by atoms with van der Waals surface area (Å²) in [5, 5.41) is 10.7. The molecule has 0 aromatic heterocycles. The van der Waals surface area contributed by atoms with Crippen molar-refractivity contribution in [1.82, 2.24) is 5.32 Å². The molecule has 0 fully saturated rings. The highest BCUT2D eigenvalue weighted by atomic mass is 79.9. The van der Waals surface area contributed by atoms with Crippen LogP contribution in [0.15, 0.2) is 22.7 Å². The summed E-state index contributed by atoms with van der Waals surface area (Å²) in [6.07, 6.45) is -4.45. The lowest BCUT2D eigenvalue weighted by molar-refractivity contribution is -0.125. The summed E-state index contributed by atoms with van der Waals surface area (Å²) in [7, 11) is 0. The van der Waals surface area contributed by atoms with Gasteiger partial charge in [-0.15, -0.1) is 0 Å². The van der Waals surface area contributed by atoms with Crippen molar-refractivity contribution >= 4 is 15.9 Å². The van der Waals surface area contributed by atoms with Gasteiger partial charge in [0.1, 0.15) is 11.9 Å². The van der Waals surface area contributed by atoms with E-state index in [1.807, 2.05) is 5.32 Å². The Balaban J connectivity index is 2.88. The number of alkyl halides is 3. The summed E-state index contributed by atoms with van der Waals surface area (Å²) in [6.45, 7) is -1.35. The van der Waals surface area contributed by atoms with Crippen molar-refractivity contribution in [2.45, 2.75) is 12.2 Å². The Hall–Kier alpha value is -1.13. The normalized spacial score (nSPS) is 13.2. The molecule has 1 N–H and O–H groups in total. The third kappa shape index (κ3) is 4.32. The van der Waals surface area contributed by atoms with E-state index in [4.69, 9.17) is 5.26 Å². The van der Waals surface area contributed by atoms with E-state index in [0.29, 0.717) is 4.47 Å². The molecule has 1 unspecified atom stereocenters. The van der Waals surface area contributed by atoms with Crippen molar-refractivity contribution in [1.29, 1.82) is 5.26 Å². The van der Waals surface area contributed by atoms with Crippen LogP contribution < -0.4 is 5.32 Å². The number of halogens is 5. The smallest absolute Gasteiger partial charge is 0.290 e. The average Bonchev–Trinajstić information content (AvgIpc) is 2.22. The van der Waals surface area contributed by atoms with Crippen LogP contribution in [-0.4, -0.2) is 12.7 Å². The molecular formula is C10H7BrF4N2. The molecule has 0 aliphatic carbocycles. The molecule has 1 aromatic rings. The van der Waals surface area contributed by atoms with Crippen LogP contribution in [0.25, 0.3) is 0 Å². The van der Waals surface area contributed by atoms with E-state index in [2.05, 4.69) is 15.9 Å². The fourth-order valence-corrected chi connectivity index (χ4v) is 1.56. The molecule has 2 nitrogen and oxygen atoms in total. The first-order valence-electron chi connectivity index (χ1n) is 4.48. The minimum atomic E-state index is -4.45. The highest BCUT2D eigenvalue weighted by molar-refractivity contribution is 9.10. The van der Waals surface area contributed by atoms with Crippen LogP contribution in [0.2, 0.25) is 0 Å². The van der Waals surface area contributed by atoms with Gasteiger partial charge in [-0.05, 0) is 18.2 Å². The Morgan fingerprint density at radius 1 is 1.41 bits per heavy atom. The van der Waals surface area contributed by atoms with Gasteiger partial charge in [-0.25, -0.2) is 4.39 Å². The number of hydrogen-bond acceptors (Lipinski definition) is 2. The van der Waals surface area contributed by atoms with Gasteiger partial charge in [0.25, 0.3) is 0 Å². The summed E-state index contributed by atoms with van der Waals surface area (Å²) in [4.78, 5) is 0. The first kappa shape index (κ1) is 13.9. The van der Waals surface area contributed by atoms with Gasteiger partial charge in [0.05, 0.1) is 12.6 Å². The number of nitrogens with zero attached hydrogens (tertiary/aromatic N) is 1. The van der Waals surface area contributed by atoms with Gasteiger partial charge >= 0.3 is 6.18 Å². The zero-order chi connectivity index (χ0) is 13.1. The molecule has 0 bridgehead atoms. The largest absolute Gasteiger partial charge is 0.401 e. The Bertz CT molecular complexity index is 439. The van der Waals surface area contributed by atoms with Crippen LogP contribution in [0.4, 0.5) is 17.6 Å². The summed E-state index contributed by atoms with van der Waals surface area (Å²) in [5.74, 6) is -0.727. The molecule has 7 heteroatoms. The van der Waals surface area contributed by atoms with Crippen LogP contribution in [0, 0.1) is 17.1 Å². The van der Waals surface area contributed by atoms with Crippen molar-refractivity contribution in [3.05, 3.63) is 34.1 Å². The van der Waals surface area contributed by atoms with Crippen LogP contribution in [0.3, 0.4) is 0 Å². The van der Waals surface area contributed by atoms with E-state index in [1.54, 1.807) is 6.07 Å². The molecule has 0 aliphatic heterocycles. The molecule has 0 heterocycles. The van der Waals surface area contributed by atoms with E-state index in [0.717, 1.165) is 6.07 Å². The lowest BCUT2D eigenvalue weighted by Crippen LogP contribution is -2.31. The van der Waals surface area contributed by atoms with E-state index in [1.165, 1.54) is 12.1 Å². The van der Waals surface area contributed by atoms with Crippen molar-refractivity contribution in [2.75, 3.05) is 6.54 Å². The number of nitrogens with one attached hydrogen (secondary N) is 1. The molecule has 1 rings (SSSR count). The molecule has 17 heavy (non-hydrogen) atoms. The molecule has 0 amide bonds. The third-order valence-electron chi connectivity index (χ3n) is 1.90. The van der Waals surface area contributed by atoms with Gasteiger partial charge in [-0.2, -0.15) is 18.4 Å². The molecule has 0 spiro atoms. The summed E-state index contributed by atoms with van der Waals surface area (Å²) in [6, 6.07) is 4.00. The van der Waals surface area contributed by atoms with Crippen molar-refractivity contribution in [3.8, 4) is 6.07 Å². The van der Waals surface area contributed by atoms with E-state index in [9.17, 15) is 17.6 Å². The first-order chi connectivity index (χ1) is 7.83. The molecule has 1 atom stereocenters. The minimum absolute atomic E-state index is 0.119. The molecular weight excluding hydrogens is 304 g/mol. The quantitative estimate of drug-likeness (QED) is 0.870. The number of nitriles is 1. The monoisotopic (exact) mass is 310 g/mol. The van der Waals surface area contributed by atoms with Crippen molar-refractivity contribution < 1.29 is 17.6 Å². The number of benzene rings is 1. The van der Waals surface area contributed by atoms with Gasteiger partial charge in [-0.1, -0.05) is 15.9 Å². The first-order valence-corrected chi connectivity index (χ1v) is 5.27. The fourth-order valence-electron chi connectivity index (χ4n) is 1.18. The third-order valence-corrected chi connectivity index (χ3v) is 2.40. The number of rotatable bonds is 3. The second-order valence-electron chi connectivity index (χ2n) is 3.22. The Morgan fingerprint density at radius 2 is 2.06 bits per heavy atom. The molecule has 0 radical (unpaired) electrons. The van der Waals surface area contributed by atoms with Crippen molar-refractivity contribution in [3.63, 3.8) is 0 Å². The minimum Gasteiger partial charge on any atom is -0.290 e. The molecule has 0 saturated heterocycles. The SMILES string of the molecule is N#CC(NCC(F)(F)F)c1cc(Br)ccc1F. The molecule has 0 saturated carbocycles. The summed E-state index contributed by atoms with van der Waals surface area (Å²) >= 11 is 3.06. The van der Waals surface area contributed by atoms with Gasteiger partial charge in [-0.3, -0.25) is 5.32 Å². The lowest BCUT2D eigenvalue weighted by atomic mass is 10.1. The van der Waals surface area contributed by atoms with Gasteiger partial charge < -0.3 is 0 Å². The topological polar surface area (TPSA) is 35.8 Å². The maximum atomic E-state index is 13.3. The van der Waals surface area contributed by atoms with E-state index in [-0.39, 0.29) is 5.56 Å². The van der Waals surface area contributed by atoms with E-state index >= 15 is 0 Å². The second kappa shape index (κ2) is 5.47. The van der Waals surface area contributed by atoms with Gasteiger partial charge in [0, 0.05) is 10.0 Å². The predicted octanol–water partition coefficient (Wildman–Crippen LogP) is 3.30. The second-order valence-corrected chi connectivity index (χ2v) is 4.14. The Morgan fingerprint density at radius 3 is 2.59 bits per heavy atom. The fraction of sp³-hybridized carbons (Fsp3) is 0.300. The standard InChI is InChI=1S/C10H7BrF4N2/c11-6-1-2-8(12)7(3-6)9(4-16)17-5-10(13,14)15/h1-3,9,17H,5H2. The van der Waals surface area contributed by atoms with E-state index < -0.39 is 24.6 Å². The Labute approximate surface area is 103 Å². The average molecular weight is 311 g/mol. The molecule has 1 aromatic carbocycles. The van der Waals surface area contributed by atoms with Gasteiger partial charge in [0.2, 0.25) is 0 Å². The van der Waals surface area contributed by atoms with Crippen LogP contribution >= 0.6 is 15.9 Å². The van der Waals surface area contributed by atoms with Crippen LogP contribution in [-0.2, 0) is 0 Å². The zero-order valence-corrected chi connectivity index (χ0v) is 9.94. The summed E-state index contributed by atoms with van der Waals surface area (Å²) < 4.78 is 49.7. The highest BCUT2D eigenvalue weighted by Crippen LogP contribution is 2.22. The van der Waals surface area contributed by atoms with Crippen LogP contribution in [0.1, 0.15) is 11.6 Å². The lowest BCUT2D eigenvalue weighted by Gasteiger charge is -2.14. The zero-order valence-electron chi connectivity index (χ0n) is 8.35. The Kier molecular flexibility index (Phi) is 4.48.